The minimum atomic E-state index is -4.67. The third kappa shape index (κ3) is 4.80. The summed E-state index contributed by atoms with van der Waals surface area (Å²) in [7, 11) is 1.98. The molecule has 15 nitrogen and oxygen atoms in total. The Kier molecular flexibility index (Phi) is 7.50. The molecule has 0 spiro atoms. The fourth-order valence-corrected chi connectivity index (χ4v) is 5.71. The van der Waals surface area contributed by atoms with Crippen LogP contribution in [0.15, 0.2) is 23.0 Å². The first-order valence-electron chi connectivity index (χ1n) is 11.4. The Morgan fingerprint density at radius 2 is 1.64 bits per heavy atom. The zero-order valence-corrected chi connectivity index (χ0v) is 22.2. The van der Waals surface area contributed by atoms with E-state index >= 15 is 0 Å². The van der Waals surface area contributed by atoms with Crippen LogP contribution in [0.5, 0.6) is 5.75 Å². The number of Topliss-reactive ketones (excluding diaryl/α,β-unsaturated/α-hetero) is 2. The number of nitrogens with two attached hydrogens (primary N) is 2. The van der Waals surface area contributed by atoms with Crippen LogP contribution in [-0.2, 0) is 31.2 Å². The SMILES string of the molecule is CN(C)c1cc(N)c(O)c2c1C[C@H]1C[C@H]3[C@H](N(C)C)C(=O)C(C(N)=O)=C(O)[C@@]3(O)C(=O)C1=C2O.O=S(=O)(O)O. The van der Waals surface area contributed by atoms with Gasteiger partial charge < -0.3 is 36.8 Å². The number of carbonyl (C=O) groups is 3. The van der Waals surface area contributed by atoms with Gasteiger partial charge in [0.2, 0.25) is 5.78 Å². The molecule has 4 rings (SSSR count). The molecule has 0 saturated heterocycles. The number of benzene rings is 1. The number of rotatable bonds is 3. The van der Waals surface area contributed by atoms with Crippen LogP contribution in [0, 0.1) is 11.8 Å². The summed E-state index contributed by atoms with van der Waals surface area (Å²) in [6.07, 6.45) is 0.236. The van der Waals surface area contributed by atoms with E-state index in [0.29, 0.717) is 11.3 Å². The lowest BCUT2D eigenvalue weighted by Crippen LogP contribution is -2.65. The van der Waals surface area contributed by atoms with Crippen molar-refractivity contribution in [3.8, 4) is 5.75 Å². The summed E-state index contributed by atoms with van der Waals surface area (Å²) in [6, 6.07) is 0.444. The van der Waals surface area contributed by atoms with E-state index < -0.39 is 74.2 Å². The van der Waals surface area contributed by atoms with Crippen LogP contribution in [0.25, 0.3) is 5.76 Å². The lowest BCUT2D eigenvalue weighted by Gasteiger charge is -2.50. The van der Waals surface area contributed by atoms with Crippen LogP contribution in [0.3, 0.4) is 0 Å². The molecule has 1 aromatic carbocycles. The molecule has 214 valence electrons. The van der Waals surface area contributed by atoms with Gasteiger partial charge in [-0.25, -0.2) is 0 Å². The van der Waals surface area contributed by atoms with Crippen molar-refractivity contribution >= 4 is 45.0 Å². The third-order valence-electron chi connectivity index (χ3n) is 7.21. The van der Waals surface area contributed by atoms with E-state index in [1.807, 2.05) is 0 Å². The van der Waals surface area contributed by atoms with Gasteiger partial charge in [-0.3, -0.25) is 28.4 Å². The second kappa shape index (κ2) is 9.80. The highest BCUT2D eigenvalue weighted by atomic mass is 32.3. The Bertz CT molecular complexity index is 1440. The molecule has 3 aliphatic carbocycles. The Hall–Kier alpha value is -3.70. The van der Waals surface area contributed by atoms with Crippen LogP contribution in [-0.4, -0.2) is 100 Å². The Morgan fingerprint density at radius 1 is 1.10 bits per heavy atom. The van der Waals surface area contributed by atoms with Crippen molar-refractivity contribution in [3.05, 3.63) is 34.1 Å². The second-order valence-corrected chi connectivity index (χ2v) is 10.9. The fourth-order valence-electron chi connectivity index (χ4n) is 5.71. The molecule has 39 heavy (non-hydrogen) atoms. The quantitative estimate of drug-likeness (QED) is 0.0934. The van der Waals surface area contributed by atoms with Gasteiger partial charge >= 0.3 is 10.4 Å². The van der Waals surface area contributed by atoms with Gasteiger partial charge in [-0.2, -0.15) is 8.42 Å². The Balaban J connectivity index is 0.000000771. The Morgan fingerprint density at radius 3 is 2.10 bits per heavy atom. The number of carbonyl (C=O) groups excluding carboxylic acids is 3. The first-order valence-corrected chi connectivity index (χ1v) is 12.8. The van der Waals surface area contributed by atoms with E-state index in [-0.39, 0.29) is 29.7 Å². The van der Waals surface area contributed by atoms with Gasteiger partial charge in [0.1, 0.15) is 22.8 Å². The van der Waals surface area contributed by atoms with Crippen molar-refractivity contribution in [1.82, 2.24) is 4.90 Å². The second-order valence-electron chi connectivity index (χ2n) is 9.99. The van der Waals surface area contributed by atoms with Gasteiger partial charge in [0.15, 0.2) is 11.4 Å². The first-order chi connectivity index (χ1) is 17.7. The van der Waals surface area contributed by atoms with Crippen LogP contribution < -0.4 is 16.4 Å². The third-order valence-corrected chi connectivity index (χ3v) is 7.21. The molecule has 4 atom stereocenters. The topological polar surface area (TPSA) is 265 Å². The number of aliphatic hydroxyl groups excluding tert-OH is 2. The molecule has 3 aliphatic rings. The summed E-state index contributed by atoms with van der Waals surface area (Å²) in [5, 5.41) is 44.2. The number of anilines is 2. The number of likely N-dealkylation sites (N-methyl/N-ethyl adjacent to an activating group) is 1. The number of aliphatic hydroxyl groups is 3. The average Bonchev–Trinajstić information content (AvgIpc) is 2.76. The monoisotopic (exact) mass is 570 g/mol. The predicted octanol–water partition coefficient (Wildman–Crippen LogP) is -1.04. The molecule has 0 heterocycles. The summed E-state index contributed by atoms with van der Waals surface area (Å²) in [5.41, 5.74) is 8.68. The number of primary amides is 1. The number of phenols is 1. The van der Waals surface area contributed by atoms with Gasteiger partial charge in [0.05, 0.1) is 17.3 Å². The van der Waals surface area contributed by atoms with Crippen LogP contribution >= 0.6 is 0 Å². The largest absolute Gasteiger partial charge is 0.508 e. The van der Waals surface area contributed by atoms with Crippen LogP contribution in [0.1, 0.15) is 17.5 Å². The number of nitrogen functional groups attached to an aromatic ring is 1. The van der Waals surface area contributed by atoms with E-state index in [1.54, 1.807) is 39.2 Å². The van der Waals surface area contributed by atoms with Crippen molar-refractivity contribution < 1.29 is 52.3 Å². The van der Waals surface area contributed by atoms with E-state index in [0.717, 1.165) is 0 Å². The highest BCUT2D eigenvalue weighted by Gasteiger charge is 2.64. The highest BCUT2D eigenvalue weighted by molar-refractivity contribution is 7.79. The number of phenolic OH excluding ortho intramolecular Hbond substituents is 1. The van der Waals surface area contributed by atoms with Crippen molar-refractivity contribution in [2.75, 3.05) is 38.8 Å². The van der Waals surface area contributed by atoms with Gasteiger partial charge in [-0.1, -0.05) is 0 Å². The summed E-state index contributed by atoms with van der Waals surface area (Å²) >= 11 is 0. The van der Waals surface area contributed by atoms with E-state index in [2.05, 4.69) is 0 Å². The lowest BCUT2D eigenvalue weighted by molar-refractivity contribution is -0.153. The van der Waals surface area contributed by atoms with Crippen molar-refractivity contribution in [2.45, 2.75) is 24.5 Å². The highest BCUT2D eigenvalue weighted by Crippen LogP contribution is 2.54. The summed E-state index contributed by atoms with van der Waals surface area (Å²) in [4.78, 5) is 42.0. The number of nitrogens with zero attached hydrogens (tertiary/aromatic N) is 2. The molecule has 16 heteroatoms. The minimum Gasteiger partial charge on any atom is -0.508 e. The van der Waals surface area contributed by atoms with Gasteiger partial charge in [0.25, 0.3) is 5.91 Å². The summed E-state index contributed by atoms with van der Waals surface area (Å²) in [5.74, 6) is -6.95. The molecule has 0 radical (unpaired) electrons. The molecule has 10 N–H and O–H groups in total. The molecule has 0 unspecified atom stereocenters. The smallest absolute Gasteiger partial charge is 0.394 e. The number of hydrogen-bond donors (Lipinski definition) is 8. The molecule has 0 bridgehead atoms. The van der Waals surface area contributed by atoms with Crippen LogP contribution in [0.2, 0.25) is 0 Å². The summed E-state index contributed by atoms with van der Waals surface area (Å²) < 4.78 is 31.6. The van der Waals surface area contributed by atoms with E-state index in [4.69, 9.17) is 29.0 Å². The van der Waals surface area contributed by atoms with Crippen molar-refractivity contribution in [1.29, 1.82) is 0 Å². The minimum absolute atomic E-state index is 0.0115. The molecule has 0 aromatic heterocycles. The standard InChI is InChI=1S/C23H28N4O7.H2O4S/c1-26(2)12-7-11(24)17(28)14-9(12)5-8-6-10-16(27(3)4)19(30)15(22(25)33)21(32)23(10,34)20(31)13(8)18(14)29;1-5(2,3)4/h7-8,10,16,28-29,32,34H,5-6,24H2,1-4H3,(H2,25,33);(H2,1,2,3,4)/t8-,10-,16-,23-;/m0./s1. The van der Waals surface area contributed by atoms with Crippen LogP contribution in [0.4, 0.5) is 11.4 Å². The molecule has 1 saturated carbocycles. The zero-order chi connectivity index (χ0) is 29.9. The molecule has 1 amide bonds. The number of amides is 1. The maximum atomic E-state index is 13.7. The van der Waals surface area contributed by atoms with E-state index in [9.17, 15) is 34.8 Å². The Labute approximate surface area is 223 Å². The van der Waals surface area contributed by atoms with E-state index in [1.165, 1.54) is 4.90 Å². The average molecular weight is 571 g/mol. The maximum absolute atomic E-state index is 13.7. The maximum Gasteiger partial charge on any atom is 0.394 e. The molecule has 1 aromatic rings. The van der Waals surface area contributed by atoms with Gasteiger partial charge in [-0.05, 0) is 44.5 Å². The number of hydrogen-bond acceptors (Lipinski definition) is 12. The van der Waals surface area contributed by atoms with Crippen molar-refractivity contribution in [2.24, 2.45) is 17.6 Å². The number of ketones is 2. The predicted molar refractivity (Wildman–Crippen MR) is 137 cm³/mol. The van der Waals surface area contributed by atoms with Gasteiger partial charge in [-0.15, -0.1) is 0 Å². The lowest BCUT2D eigenvalue weighted by atomic mass is 9.57. The molecular formula is C23H30N4O11S. The van der Waals surface area contributed by atoms with Gasteiger partial charge in [0, 0.05) is 31.3 Å². The number of aromatic hydroxyl groups is 1. The summed E-state index contributed by atoms with van der Waals surface area (Å²) in [6.45, 7) is 0. The molecule has 0 aliphatic heterocycles. The molecular weight excluding hydrogens is 540 g/mol. The fraction of sp³-hybridized carbons (Fsp3) is 0.435. The van der Waals surface area contributed by atoms with Crippen molar-refractivity contribution in [3.63, 3.8) is 0 Å². The number of fused-ring (bicyclic) bond motifs is 3. The zero-order valence-electron chi connectivity index (χ0n) is 21.4. The normalized spacial score (nSPS) is 26.4. The first kappa shape index (κ1) is 29.9. The molecule has 1 fully saturated rings.